The summed E-state index contributed by atoms with van der Waals surface area (Å²) < 4.78 is 65.0. The number of sulfonamides is 1. The normalized spacial score (nSPS) is 16.6. The van der Waals surface area contributed by atoms with Gasteiger partial charge >= 0.3 is 6.18 Å². The Bertz CT molecular complexity index is 962. The number of halogens is 3. The molecule has 5 nitrogen and oxygen atoms in total. The van der Waals surface area contributed by atoms with Gasteiger partial charge in [0.05, 0.1) is 10.5 Å². The van der Waals surface area contributed by atoms with Gasteiger partial charge in [-0.3, -0.25) is 4.79 Å². The van der Waals surface area contributed by atoms with Gasteiger partial charge in [0.1, 0.15) is 0 Å². The molecule has 1 aliphatic rings. The molecule has 2 aromatic rings. The van der Waals surface area contributed by atoms with Crippen LogP contribution in [0.1, 0.15) is 10.4 Å². The van der Waals surface area contributed by atoms with Crippen molar-refractivity contribution in [1.29, 1.82) is 0 Å². The first kappa shape index (κ1) is 20.6. The van der Waals surface area contributed by atoms with Gasteiger partial charge in [-0.25, -0.2) is 8.42 Å². The maximum atomic E-state index is 12.9. The van der Waals surface area contributed by atoms with Crippen molar-refractivity contribution in [3.8, 4) is 0 Å². The van der Waals surface area contributed by atoms with E-state index in [1.807, 2.05) is 17.5 Å². The fourth-order valence-corrected chi connectivity index (χ4v) is 4.86. The average molecular weight is 430 g/mol. The van der Waals surface area contributed by atoms with Crippen LogP contribution in [-0.4, -0.2) is 49.7 Å². The first-order chi connectivity index (χ1) is 13.2. The number of alkyl halides is 3. The second kappa shape index (κ2) is 8.06. The van der Waals surface area contributed by atoms with Crippen LogP contribution in [0.2, 0.25) is 0 Å². The summed E-state index contributed by atoms with van der Waals surface area (Å²) in [4.78, 5) is 14.3. The van der Waals surface area contributed by atoms with Gasteiger partial charge in [-0.1, -0.05) is 12.1 Å². The van der Waals surface area contributed by atoms with Gasteiger partial charge in [-0.05, 0) is 35.7 Å². The van der Waals surface area contributed by atoms with Crippen LogP contribution in [0, 0.1) is 0 Å². The Kier molecular flexibility index (Phi) is 5.92. The lowest BCUT2D eigenvalue weighted by atomic mass is 10.2. The largest absolute Gasteiger partial charge is 0.416 e. The van der Waals surface area contributed by atoms with E-state index in [4.69, 9.17) is 0 Å². The van der Waals surface area contributed by atoms with Crippen molar-refractivity contribution >= 4 is 33.3 Å². The van der Waals surface area contributed by atoms with Gasteiger partial charge in [0, 0.05) is 37.1 Å². The summed E-state index contributed by atoms with van der Waals surface area (Å²) in [5, 5.41) is 1.89. The van der Waals surface area contributed by atoms with Crippen LogP contribution in [0.15, 0.2) is 52.7 Å². The molecule has 0 unspecified atom stereocenters. The van der Waals surface area contributed by atoms with Gasteiger partial charge in [0.25, 0.3) is 0 Å². The lowest BCUT2D eigenvalue weighted by molar-refractivity contribution is -0.137. The summed E-state index contributed by atoms with van der Waals surface area (Å²) in [7, 11) is -4.06. The lowest BCUT2D eigenvalue weighted by Gasteiger charge is -2.33. The SMILES string of the molecule is O=C(/C=C/c1cccs1)N1CCN(S(=O)(=O)c2cccc(C(F)(F)F)c2)CC1. The molecule has 0 N–H and O–H groups in total. The summed E-state index contributed by atoms with van der Waals surface area (Å²) in [5.74, 6) is -0.232. The van der Waals surface area contributed by atoms with Crippen molar-refractivity contribution in [2.45, 2.75) is 11.1 Å². The molecule has 150 valence electrons. The minimum absolute atomic E-state index is 0.0250. The first-order valence-electron chi connectivity index (χ1n) is 8.36. The van der Waals surface area contributed by atoms with Gasteiger partial charge in [0.15, 0.2) is 0 Å². The maximum Gasteiger partial charge on any atom is 0.416 e. The average Bonchev–Trinajstić information content (AvgIpc) is 3.19. The van der Waals surface area contributed by atoms with Crippen molar-refractivity contribution in [2.24, 2.45) is 0 Å². The standard InChI is InChI=1S/C18H17F3N2O3S2/c19-18(20,21)14-3-1-5-16(13-14)28(25,26)23-10-8-22(9-11-23)17(24)7-6-15-4-2-12-27-15/h1-7,12-13H,8-11H2/b7-6+. The second-order valence-electron chi connectivity index (χ2n) is 6.10. The second-order valence-corrected chi connectivity index (χ2v) is 9.02. The van der Waals surface area contributed by atoms with Crippen LogP contribution in [0.4, 0.5) is 13.2 Å². The van der Waals surface area contributed by atoms with Crippen molar-refractivity contribution in [2.75, 3.05) is 26.2 Å². The Balaban J connectivity index is 1.66. The number of amides is 1. The highest BCUT2D eigenvalue weighted by Crippen LogP contribution is 2.31. The van der Waals surface area contributed by atoms with E-state index in [1.165, 1.54) is 22.3 Å². The zero-order chi connectivity index (χ0) is 20.4. The Labute approximate surface area is 164 Å². The van der Waals surface area contributed by atoms with Crippen LogP contribution >= 0.6 is 11.3 Å². The highest BCUT2D eigenvalue weighted by atomic mass is 32.2. The molecule has 0 spiro atoms. The number of nitrogens with zero attached hydrogens (tertiary/aromatic N) is 2. The topological polar surface area (TPSA) is 57.7 Å². The summed E-state index contributed by atoms with van der Waals surface area (Å²) in [5.41, 5.74) is -1.01. The molecule has 0 bridgehead atoms. The summed E-state index contributed by atoms with van der Waals surface area (Å²) in [6, 6.07) is 7.42. The third-order valence-electron chi connectivity index (χ3n) is 4.28. The quantitative estimate of drug-likeness (QED) is 0.700. The van der Waals surface area contributed by atoms with Crippen LogP contribution in [-0.2, 0) is 21.0 Å². The minimum atomic E-state index is -4.62. The molecule has 1 amide bonds. The number of hydrogen-bond acceptors (Lipinski definition) is 4. The van der Waals surface area contributed by atoms with Crippen molar-refractivity contribution in [3.63, 3.8) is 0 Å². The first-order valence-corrected chi connectivity index (χ1v) is 10.7. The highest BCUT2D eigenvalue weighted by molar-refractivity contribution is 7.89. The summed E-state index contributed by atoms with van der Waals surface area (Å²) >= 11 is 1.49. The lowest BCUT2D eigenvalue weighted by Crippen LogP contribution is -2.50. The number of hydrogen-bond donors (Lipinski definition) is 0. The number of rotatable bonds is 4. The molecule has 2 heterocycles. The zero-order valence-electron chi connectivity index (χ0n) is 14.6. The number of carbonyl (C=O) groups excluding carboxylic acids is 1. The van der Waals surface area contributed by atoms with E-state index in [0.717, 1.165) is 27.4 Å². The van der Waals surface area contributed by atoms with E-state index in [0.29, 0.717) is 6.07 Å². The molecular formula is C18H17F3N2O3S2. The molecule has 10 heteroatoms. The summed E-state index contributed by atoms with van der Waals surface area (Å²) in [6.07, 6.45) is -1.49. The highest BCUT2D eigenvalue weighted by Gasteiger charge is 2.34. The van der Waals surface area contributed by atoms with Crippen LogP contribution in [0.3, 0.4) is 0 Å². The summed E-state index contributed by atoms with van der Waals surface area (Å²) in [6.45, 7) is 0.395. The third-order valence-corrected chi connectivity index (χ3v) is 7.01. The van der Waals surface area contributed by atoms with Gasteiger partial charge in [-0.2, -0.15) is 17.5 Å². The molecule has 3 rings (SSSR count). The number of carbonyl (C=O) groups is 1. The smallest absolute Gasteiger partial charge is 0.337 e. The van der Waals surface area contributed by atoms with E-state index < -0.39 is 26.7 Å². The number of benzene rings is 1. The van der Waals surface area contributed by atoms with Crippen molar-refractivity contribution in [1.82, 2.24) is 9.21 Å². The zero-order valence-corrected chi connectivity index (χ0v) is 16.2. The minimum Gasteiger partial charge on any atom is -0.337 e. The monoisotopic (exact) mass is 430 g/mol. The fourth-order valence-electron chi connectivity index (χ4n) is 2.78. The van der Waals surface area contributed by atoms with Crippen molar-refractivity contribution < 1.29 is 26.4 Å². The van der Waals surface area contributed by atoms with E-state index in [1.54, 1.807) is 6.08 Å². The van der Waals surface area contributed by atoms with Gasteiger partial charge in [0.2, 0.25) is 15.9 Å². The molecule has 28 heavy (non-hydrogen) atoms. The van der Waals surface area contributed by atoms with Crippen molar-refractivity contribution in [3.05, 3.63) is 58.3 Å². The third kappa shape index (κ3) is 4.62. The molecular weight excluding hydrogens is 413 g/mol. The van der Waals surface area contributed by atoms with Crippen LogP contribution in [0.25, 0.3) is 6.08 Å². The molecule has 0 radical (unpaired) electrons. The molecule has 0 saturated carbocycles. The number of piperazine rings is 1. The molecule has 0 aliphatic carbocycles. The fraction of sp³-hybridized carbons (Fsp3) is 0.278. The van der Waals surface area contributed by atoms with Crippen LogP contribution in [0.5, 0.6) is 0 Å². The molecule has 1 aromatic heterocycles. The Hall–Kier alpha value is -2.17. The Morgan fingerprint density at radius 2 is 1.79 bits per heavy atom. The van der Waals surface area contributed by atoms with E-state index >= 15 is 0 Å². The maximum absolute atomic E-state index is 12.9. The van der Waals surface area contributed by atoms with E-state index in [-0.39, 0.29) is 32.1 Å². The molecule has 1 aliphatic heterocycles. The molecule has 0 atom stereocenters. The molecule has 1 saturated heterocycles. The molecule has 1 aromatic carbocycles. The van der Waals surface area contributed by atoms with Crippen LogP contribution < -0.4 is 0 Å². The Morgan fingerprint density at radius 3 is 2.39 bits per heavy atom. The number of thiophene rings is 1. The molecule has 1 fully saturated rings. The van der Waals surface area contributed by atoms with E-state index in [2.05, 4.69) is 0 Å². The van der Waals surface area contributed by atoms with Gasteiger partial charge in [-0.15, -0.1) is 11.3 Å². The Morgan fingerprint density at radius 1 is 1.07 bits per heavy atom. The van der Waals surface area contributed by atoms with E-state index in [9.17, 15) is 26.4 Å². The predicted molar refractivity (Wildman–Crippen MR) is 100 cm³/mol. The van der Waals surface area contributed by atoms with Gasteiger partial charge < -0.3 is 4.90 Å². The predicted octanol–water partition coefficient (Wildman–Crippen LogP) is 3.31.